The first-order valence-electron chi connectivity index (χ1n) is 7.56. The van der Waals surface area contributed by atoms with Crippen LogP contribution in [0, 0.1) is 0 Å². The molecule has 0 radical (unpaired) electrons. The average Bonchev–Trinajstić information content (AvgIpc) is 2.78. The van der Waals surface area contributed by atoms with Crippen molar-refractivity contribution < 1.29 is 9.84 Å². The summed E-state index contributed by atoms with van der Waals surface area (Å²) in [5.41, 5.74) is 0.690. The minimum absolute atomic E-state index is 0.345. The summed E-state index contributed by atoms with van der Waals surface area (Å²) in [5, 5.41) is 10.5. The van der Waals surface area contributed by atoms with Crippen LogP contribution in [0.1, 0.15) is 63.9 Å². The third kappa shape index (κ3) is 3.97. The standard InChI is InChI=1S/C17H26O2/c1-3-4-5-8-11-17(2,18)12-14-13-19-16-10-7-6-9-15(14)16/h6-7,9-10,14,18H,3-5,8,11-13H2,1-2H3. The van der Waals surface area contributed by atoms with Gasteiger partial charge in [-0.05, 0) is 25.8 Å². The number of hydrogen-bond acceptors (Lipinski definition) is 2. The molecule has 0 saturated carbocycles. The van der Waals surface area contributed by atoms with Gasteiger partial charge in [0.25, 0.3) is 0 Å². The SMILES string of the molecule is CCCCCCC(C)(O)CC1COc2ccccc21. The van der Waals surface area contributed by atoms with E-state index in [0.717, 1.165) is 25.0 Å². The third-order valence-corrected chi connectivity index (χ3v) is 4.05. The number of ether oxygens (including phenoxy) is 1. The summed E-state index contributed by atoms with van der Waals surface area (Å²) in [5.74, 6) is 1.34. The van der Waals surface area contributed by atoms with Crippen LogP contribution in [0.5, 0.6) is 5.75 Å². The number of para-hydroxylation sites is 1. The normalized spacial score (nSPS) is 20.7. The van der Waals surface area contributed by atoms with Crippen molar-refractivity contribution in [3.8, 4) is 5.75 Å². The Balaban J connectivity index is 1.87. The molecule has 2 nitrogen and oxygen atoms in total. The third-order valence-electron chi connectivity index (χ3n) is 4.05. The molecule has 2 atom stereocenters. The Labute approximate surface area is 116 Å². The average molecular weight is 262 g/mol. The van der Waals surface area contributed by atoms with Gasteiger partial charge in [0.2, 0.25) is 0 Å². The number of benzene rings is 1. The molecule has 1 aliphatic heterocycles. The van der Waals surface area contributed by atoms with E-state index in [1.54, 1.807) is 0 Å². The van der Waals surface area contributed by atoms with E-state index in [1.807, 2.05) is 19.1 Å². The van der Waals surface area contributed by atoms with Gasteiger partial charge in [-0.2, -0.15) is 0 Å². The van der Waals surface area contributed by atoms with Gasteiger partial charge in [-0.3, -0.25) is 0 Å². The predicted octanol–water partition coefficient (Wildman–Crippen LogP) is 4.27. The molecular formula is C17H26O2. The molecule has 1 heterocycles. The predicted molar refractivity (Wildman–Crippen MR) is 78.7 cm³/mol. The van der Waals surface area contributed by atoms with E-state index < -0.39 is 5.60 Å². The fraction of sp³-hybridized carbons (Fsp3) is 0.647. The minimum Gasteiger partial charge on any atom is -0.493 e. The molecule has 2 heteroatoms. The Hall–Kier alpha value is -1.02. The summed E-state index contributed by atoms with van der Waals surface area (Å²) in [6.07, 6.45) is 6.56. The fourth-order valence-electron chi connectivity index (χ4n) is 2.96. The smallest absolute Gasteiger partial charge is 0.122 e. The molecule has 2 unspecified atom stereocenters. The topological polar surface area (TPSA) is 29.5 Å². The van der Waals surface area contributed by atoms with Gasteiger partial charge in [0.05, 0.1) is 12.2 Å². The van der Waals surface area contributed by atoms with E-state index in [-0.39, 0.29) is 0 Å². The maximum atomic E-state index is 10.5. The highest BCUT2D eigenvalue weighted by atomic mass is 16.5. The molecule has 0 fully saturated rings. The van der Waals surface area contributed by atoms with Crippen molar-refractivity contribution in [3.05, 3.63) is 29.8 Å². The van der Waals surface area contributed by atoms with Crippen molar-refractivity contribution in [2.45, 2.75) is 63.9 Å². The Morgan fingerprint density at radius 1 is 1.26 bits per heavy atom. The zero-order chi connectivity index (χ0) is 13.7. The fourth-order valence-corrected chi connectivity index (χ4v) is 2.96. The quantitative estimate of drug-likeness (QED) is 0.743. The van der Waals surface area contributed by atoms with Gasteiger partial charge in [0.1, 0.15) is 5.75 Å². The Morgan fingerprint density at radius 2 is 2.05 bits per heavy atom. The molecule has 0 aromatic heterocycles. The number of unbranched alkanes of at least 4 members (excludes halogenated alkanes) is 3. The molecular weight excluding hydrogens is 236 g/mol. The highest BCUT2D eigenvalue weighted by Gasteiger charge is 2.31. The molecule has 1 aromatic rings. The second-order valence-corrected chi connectivity index (χ2v) is 6.06. The number of aliphatic hydroxyl groups is 1. The van der Waals surface area contributed by atoms with Crippen LogP contribution in [0.4, 0.5) is 0 Å². The summed E-state index contributed by atoms with van der Waals surface area (Å²) in [7, 11) is 0. The van der Waals surface area contributed by atoms with Gasteiger partial charge in [0.15, 0.2) is 0 Å². The minimum atomic E-state index is -0.570. The summed E-state index contributed by atoms with van der Waals surface area (Å²) < 4.78 is 5.69. The van der Waals surface area contributed by atoms with E-state index in [1.165, 1.54) is 24.8 Å². The van der Waals surface area contributed by atoms with Crippen LogP contribution in [0.2, 0.25) is 0 Å². The van der Waals surface area contributed by atoms with E-state index in [4.69, 9.17) is 4.74 Å². The van der Waals surface area contributed by atoms with Crippen molar-refractivity contribution in [3.63, 3.8) is 0 Å². The van der Waals surface area contributed by atoms with E-state index in [2.05, 4.69) is 19.1 Å². The van der Waals surface area contributed by atoms with Crippen molar-refractivity contribution in [1.29, 1.82) is 0 Å². The van der Waals surface area contributed by atoms with Gasteiger partial charge < -0.3 is 9.84 Å². The Kier molecular flexibility index (Phi) is 4.87. The van der Waals surface area contributed by atoms with Crippen LogP contribution in [0.15, 0.2) is 24.3 Å². The molecule has 0 amide bonds. The number of hydrogen-bond donors (Lipinski definition) is 1. The van der Waals surface area contributed by atoms with Gasteiger partial charge in [-0.1, -0.05) is 50.8 Å². The molecule has 0 bridgehead atoms. The summed E-state index contributed by atoms with van der Waals surface area (Å²) >= 11 is 0. The van der Waals surface area contributed by atoms with Gasteiger partial charge >= 0.3 is 0 Å². The zero-order valence-electron chi connectivity index (χ0n) is 12.2. The molecule has 106 valence electrons. The van der Waals surface area contributed by atoms with Crippen molar-refractivity contribution in [1.82, 2.24) is 0 Å². The molecule has 0 aliphatic carbocycles. The molecule has 1 N–H and O–H groups in total. The van der Waals surface area contributed by atoms with Crippen LogP contribution < -0.4 is 4.74 Å². The van der Waals surface area contributed by atoms with E-state index in [9.17, 15) is 5.11 Å². The lowest BCUT2D eigenvalue weighted by Gasteiger charge is -2.26. The molecule has 1 aliphatic rings. The lowest BCUT2D eigenvalue weighted by atomic mass is 9.85. The maximum absolute atomic E-state index is 10.5. The van der Waals surface area contributed by atoms with Crippen LogP contribution in [-0.2, 0) is 0 Å². The summed E-state index contributed by atoms with van der Waals surface area (Å²) in [4.78, 5) is 0. The van der Waals surface area contributed by atoms with Crippen molar-refractivity contribution >= 4 is 0 Å². The Bertz CT molecular complexity index is 398. The van der Waals surface area contributed by atoms with Gasteiger partial charge in [-0.25, -0.2) is 0 Å². The van der Waals surface area contributed by atoms with Crippen LogP contribution in [0.3, 0.4) is 0 Å². The monoisotopic (exact) mass is 262 g/mol. The zero-order valence-corrected chi connectivity index (χ0v) is 12.2. The Morgan fingerprint density at radius 3 is 2.84 bits per heavy atom. The van der Waals surface area contributed by atoms with Crippen molar-refractivity contribution in [2.75, 3.05) is 6.61 Å². The van der Waals surface area contributed by atoms with Crippen LogP contribution in [-0.4, -0.2) is 17.3 Å². The summed E-state index contributed by atoms with van der Waals surface area (Å²) in [6.45, 7) is 4.90. The molecule has 19 heavy (non-hydrogen) atoms. The van der Waals surface area contributed by atoms with Crippen LogP contribution in [0.25, 0.3) is 0 Å². The first kappa shape index (κ1) is 14.4. The number of rotatable bonds is 7. The molecule has 0 saturated heterocycles. The number of fused-ring (bicyclic) bond motifs is 1. The largest absolute Gasteiger partial charge is 0.493 e. The van der Waals surface area contributed by atoms with E-state index in [0.29, 0.717) is 12.5 Å². The second-order valence-electron chi connectivity index (χ2n) is 6.06. The maximum Gasteiger partial charge on any atom is 0.122 e. The van der Waals surface area contributed by atoms with Crippen molar-refractivity contribution in [2.24, 2.45) is 0 Å². The lowest BCUT2D eigenvalue weighted by molar-refractivity contribution is 0.0300. The lowest BCUT2D eigenvalue weighted by Crippen LogP contribution is -2.27. The summed E-state index contributed by atoms with van der Waals surface area (Å²) in [6, 6.07) is 8.20. The van der Waals surface area contributed by atoms with Gasteiger partial charge in [0, 0.05) is 11.5 Å². The second kappa shape index (κ2) is 6.42. The molecule has 0 spiro atoms. The first-order chi connectivity index (χ1) is 9.12. The van der Waals surface area contributed by atoms with E-state index >= 15 is 0 Å². The molecule has 2 rings (SSSR count). The van der Waals surface area contributed by atoms with Gasteiger partial charge in [-0.15, -0.1) is 0 Å². The highest BCUT2D eigenvalue weighted by Crippen LogP contribution is 2.39. The molecule has 1 aromatic carbocycles. The van der Waals surface area contributed by atoms with Crippen LogP contribution >= 0.6 is 0 Å². The highest BCUT2D eigenvalue weighted by molar-refractivity contribution is 5.39. The first-order valence-corrected chi connectivity index (χ1v) is 7.56.